The van der Waals surface area contributed by atoms with E-state index in [0.717, 1.165) is 47.5 Å². The predicted molar refractivity (Wildman–Crippen MR) is 122 cm³/mol. The fraction of sp³-hybridized carbons (Fsp3) is 0.348. The molecule has 2 N–H and O–H groups in total. The van der Waals surface area contributed by atoms with Gasteiger partial charge in [-0.15, -0.1) is 23.1 Å². The smallest absolute Gasteiger partial charge is 0.161 e. The maximum Gasteiger partial charge on any atom is 0.161 e. The van der Waals surface area contributed by atoms with Crippen LogP contribution in [0.1, 0.15) is 49.5 Å². The first-order chi connectivity index (χ1) is 14.6. The van der Waals surface area contributed by atoms with Gasteiger partial charge in [0.15, 0.2) is 5.78 Å². The average Bonchev–Trinajstić information content (AvgIpc) is 3.16. The number of carbonyl (C=O) groups is 1. The topological polar surface area (TPSA) is 83.0 Å². The van der Waals surface area contributed by atoms with Crippen molar-refractivity contribution >= 4 is 34.6 Å². The lowest BCUT2D eigenvalue weighted by Crippen LogP contribution is -2.38. The molecule has 3 heterocycles. The highest BCUT2D eigenvalue weighted by Gasteiger charge is 2.41. The van der Waals surface area contributed by atoms with E-state index < -0.39 is 5.92 Å². The number of ketones is 1. The molecule has 2 aromatic rings. The van der Waals surface area contributed by atoms with Gasteiger partial charge in [-0.2, -0.15) is 5.26 Å². The third-order valence-electron chi connectivity index (χ3n) is 5.53. The number of thiophene rings is 1. The molecule has 4 rings (SSSR count). The summed E-state index contributed by atoms with van der Waals surface area (Å²) < 4.78 is 1.18. The van der Waals surface area contributed by atoms with Gasteiger partial charge in [0.25, 0.3) is 0 Å². The molecule has 0 bridgehead atoms. The molecule has 0 aromatic carbocycles. The number of rotatable bonds is 5. The van der Waals surface area contributed by atoms with Crippen molar-refractivity contribution in [3.8, 4) is 6.07 Å². The summed E-state index contributed by atoms with van der Waals surface area (Å²) in [6, 6.07) is 8.28. The lowest BCUT2D eigenvalue weighted by atomic mass is 9.76. The van der Waals surface area contributed by atoms with Gasteiger partial charge in [-0.3, -0.25) is 14.7 Å². The van der Waals surface area contributed by atoms with E-state index in [0.29, 0.717) is 17.8 Å². The number of anilines is 1. The number of nitrogens with zero attached hydrogens (tertiary/aromatic N) is 3. The van der Waals surface area contributed by atoms with E-state index in [1.807, 2.05) is 17.0 Å². The molecule has 2 aromatic heterocycles. The van der Waals surface area contributed by atoms with Gasteiger partial charge >= 0.3 is 0 Å². The molecule has 0 spiro atoms. The quantitative estimate of drug-likeness (QED) is 0.655. The number of hydrogen-bond acceptors (Lipinski definition) is 7. The van der Waals surface area contributed by atoms with Gasteiger partial charge in [0.05, 0.1) is 33.7 Å². The van der Waals surface area contributed by atoms with E-state index >= 15 is 0 Å². The van der Waals surface area contributed by atoms with Crippen LogP contribution >= 0.6 is 23.1 Å². The number of carbonyl (C=O) groups excluding carboxylic acids is 1. The summed E-state index contributed by atoms with van der Waals surface area (Å²) in [7, 11) is 0. The summed E-state index contributed by atoms with van der Waals surface area (Å²) in [5, 5.41) is 10.2. The largest absolute Gasteiger partial charge is 0.384 e. The number of aryl methyl sites for hydroxylation is 1. The molecule has 0 amide bonds. The van der Waals surface area contributed by atoms with Crippen LogP contribution in [-0.4, -0.2) is 16.5 Å². The lowest BCUT2D eigenvalue weighted by Gasteiger charge is -2.39. The van der Waals surface area contributed by atoms with Crippen molar-refractivity contribution in [3.63, 3.8) is 0 Å². The van der Waals surface area contributed by atoms with Gasteiger partial charge in [-0.1, -0.05) is 13.8 Å². The minimum absolute atomic E-state index is 0.118. The Kier molecular flexibility index (Phi) is 5.98. The molecule has 0 radical (unpaired) electrons. The Morgan fingerprint density at radius 2 is 2.23 bits per heavy atom. The van der Waals surface area contributed by atoms with Crippen LogP contribution in [0.3, 0.4) is 0 Å². The lowest BCUT2D eigenvalue weighted by molar-refractivity contribution is -0.116. The fourth-order valence-electron chi connectivity index (χ4n) is 4.24. The van der Waals surface area contributed by atoms with Gasteiger partial charge in [0.2, 0.25) is 0 Å². The van der Waals surface area contributed by atoms with E-state index in [1.165, 1.54) is 9.09 Å². The summed E-state index contributed by atoms with van der Waals surface area (Å²) in [6.45, 7) is 4.25. The van der Waals surface area contributed by atoms with Crippen LogP contribution in [0.25, 0.3) is 0 Å². The van der Waals surface area contributed by atoms with E-state index in [9.17, 15) is 10.1 Å². The van der Waals surface area contributed by atoms with Crippen molar-refractivity contribution < 1.29 is 4.79 Å². The summed E-state index contributed by atoms with van der Waals surface area (Å²) in [5.74, 6) is 1.07. The van der Waals surface area contributed by atoms with Gasteiger partial charge in [-0.25, -0.2) is 0 Å². The third kappa shape index (κ3) is 3.44. The zero-order valence-electron chi connectivity index (χ0n) is 17.1. The van der Waals surface area contributed by atoms with Crippen LogP contribution in [-0.2, 0) is 11.2 Å². The highest BCUT2D eigenvalue weighted by atomic mass is 32.2. The molecule has 1 unspecified atom stereocenters. The number of nitriles is 1. The summed E-state index contributed by atoms with van der Waals surface area (Å²) in [6.07, 6.45) is 6.41. The Morgan fingerprint density at radius 3 is 2.90 bits per heavy atom. The van der Waals surface area contributed by atoms with Crippen LogP contribution < -0.4 is 10.6 Å². The summed E-state index contributed by atoms with van der Waals surface area (Å²) in [4.78, 5) is 20.6. The van der Waals surface area contributed by atoms with Crippen LogP contribution in [0.5, 0.6) is 0 Å². The van der Waals surface area contributed by atoms with Crippen LogP contribution in [0.4, 0.5) is 5.69 Å². The molecule has 1 aliphatic carbocycles. The standard InChI is InChI=1S/C23H24N4OS2/c1-3-15-11-16(23(30-15)29-4-2)20-17(12-24)22(25)27(14-7-6-10-26-13-14)18-8-5-9-19(28)21(18)20/h6-7,10-11,13,20H,3-5,8-9,25H2,1-2H3. The fourth-order valence-corrected chi connectivity index (χ4v) is 6.62. The first kappa shape index (κ1) is 20.7. The third-order valence-corrected chi connectivity index (χ3v) is 8.01. The first-order valence-electron chi connectivity index (χ1n) is 10.2. The Bertz CT molecular complexity index is 1080. The van der Waals surface area contributed by atoms with Crippen molar-refractivity contribution in [2.24, 2.45) is 5.73 Å². The highest BCUT2D eigenvalue weighted by Crippen LogP contribution is 2.49. The van der Waals surface area contributed by atoms with Crippen molar-refractivity contribution in [2.75, 3.05) is 10.7 Å². The van der Waals surface area contributed by atoms with Crippen LogP contribution in [0.2, 0.25) is 0 Å². The van der Waals surface area contributed by atoms with Crippen LogP contribution in [0.15, 0.2) is 57.5 Å². The number of thioether (sulfide) groups is 1. The number of nitrogens with two attached hydrogens (primary N) is 1. The van der Waals surface area contributed by atoms with E-state index in [1.54, 1.807) is 35.5 Å². The molecular weight excluding hydrogens is 412 g/mol. The second kappa shape index (κ2) is 8.66. The highest BCUT2D eigenvalue weighted by molar-refractivity contribution is 8.01. The molecule has 0 saturated heterocycles. The first-order valence-corrected chi connectivity index (χ1v) is 12.0. The van der Waals surface area contributed by atoms with Gasteiger partial charge in [0, 0.05) is 28.8 Å². The zero-order chi connectivity index (χ0) is 21.3. The van der Waals surface area contributed by atoms with E-state index in [-0.39, 0.29) is 5.78 Å². The molecule has 0 saturated carbocycles. The number of pyridine rings is 1. The van der Waals surface area contributed by atoms with Gasteiger partial charge < -0.3 is 5.73 Å². The zero-order valence-corrected chi connectivity index (χ0v) is 18.8. The van der Waals surface area contributed by atoms with E-state index in [4.69, 9.17) is 5.73 Å². The SMILES string of the molecule is CCSc1sc(CC)cc1C1C(C#N)=C(N)N(c2cccnc2)C2=C1C(=O)CCC2. The molecule has 30 heavy (non-hydrogen) atoms. The Morgan fingerprint density at radius 1 is 1.40 bits per heavy atom. The Balaban J connectivity index is 1.97. The molecule has 5 nitrogen and oxygen atoms in total. The molecule has 154 valence electrons. The van der Waals surface area contributed by atoms with Crippen LogP contribution in [0, 0.1) is 11.3 Å². The van der Waals surface area contributed by atoms with Gasteiger partial charge in [-0.05, 0) is 48.8 Å². The monoisotopic (exact) mass is 436 g/mol. The van der Waals surface area contributed by atoms with Crippen molar-refractivity contribution in [3.05, 3.63) is 63.7 Å². The molecule has 0 fully saturated rings. The maximum atomic E-state index is 13.2. The number of Topliss-reactive ketones (excluding diaryl/α,β-unsaturated/α-hetero) is 1. The normalized spacial score (nSPS) is 19.2. The number of aromatic nitrogens is 1. The Labute approximate surface area is 185 Å². The van der Waals surface area contributed by atoms with Crippen molar-refractivity contribution in [1.29, 1.82) is 5.26 Å². The predicted octanol–water partition coefficient (Wildman–Crippen LogP) is 5.12. The second-order valence-corrected chi connectivity index (χ2v) is 9.94. The Hall–Kier alpha value is -2.56. The molecule has 2 aliphatic rings. The summed E-state index contributed by atoms with van der Waals surface area (Å²) in [5.41, 5.74) is 10.5. The minimum atomic E-state index is -0.392. The molecular formula is C23H24N4OS2. The minimum Gasteiger partial charge on any atom is -0.384 e. The number of hydrogen-bond donors (Lipinski definition) is 1. The molecule has 1 atom stereocenters. The van der Waals surface area contributed by atoms with E-state index in [2.05, 4.69) is 31.0 Å². The van der Waals surface area contributed by atoms with Crippen molar-refractivity contribution in [2.45, 2.75) is 49.7 Å². The summed E-state index contributed by atoms with van der Waals surface area (Å²) >= 11 is 3.53. The van der Waals surface area contributed by atoms with Crippen molar-refractivity contribution in [1.82, 2.24) is 4.98 Å². The maximum absolute atomic E-state index is 13.2. The molecule has 7 heteroatoms. The second-order valence-electron chi connectivity index (χ2n) is 7.27. The van der Waals surface area contributed by atoms with Gasteiger partial charge in [0.1, 0.15) is 5.82 Å². The number of allylic oxidation sites excluding steroid dienone is 3. The average molecular weight is 437 g/mol. The molecule has 1 aliphatic heterocycles.